The zero-order valence-corrected chi connectivity index (χ0v) is 14.5. The van der Waals surface area contributed by atoms with Crippen LogP contribution in [-0.4, -0.2) is 31.6 Å². The molecule has 2 rings (SSSR count). The summed E-state index contributed by atoms with van der Waals surface area (Å²) in [6, 6.07) is 12.7. The number of ether oxygens (including phenoxy) is 2. The Hall–Kier alpha value is -3.09. The van der Waals surface area contributed by atoms with Crippen LogP contribution in [0.1, 0.15) is 13.3 Å². The van der Waals surface area contributed by atoms with Crippen molar-refractivity contribution in [3.05, 3.63) is 54.3 Å². The smallest absolute Gasteiger partial charge is 0.257 e. The van der Waals surface area contributed by atoms with Crippen molar-refractivity contribution in [3.8, 4) is 11.5 Å². The van der Waals surface area contributed by atoms with Gasteiger partial charge < -0.3 is 20.1 Å². The molecule has 2 amide bonds. The molecule has 2 aromatic rings. The highest BCUT2D eigenvalue weighted by atomic mass is 19.1. The van der Waals surface area contributed by atoms with Gasteiger partial charge in [0.15, 0.2) is 18.2 Å². The van der Waals surface area contributed by atoms with Crippen LogP contribution in [-0.2, 0) is 9.59 Å². The van der Waals surface area contributed by atoms with Gasteiger partial charge in [0.1, 0.15) is 5.75 Å². The van der Waals surface area contributed by atoms with E-state index in [1.807, 2.05) is 6.92 Å². The van der Waals surface area contributed by atoms with E-state index in [1.54, 1.807) is 36.4 Å². The number of halogens is 1. The standard InChI is InChI=1S/C19H21FN2O4/c1-2-21-19(24)13-26-15-9-7-14(8-10-15)22-18(23)11-12-25-17-6-4-3-5-16(17)20/h3-10H,2,11-13H2,1H3,(H,21,24)(H,22,23). The van der Waals surface area contributed by atoms with Crippen LogP contribution in [0.5, 0.6) is 11.5 Å². The summed E-state index contributed by atoms with van der Waals surface area (Å²) in [6.45, 7) is 2.39. The van der Waals surface area contributed by atoms with Crippen LogP contribution >= 0.6 is 0 Å². The topological polar surface area (TPSA) is 76.7 Å². The van der Waals surface area contributed by atoms with Crippen LogP contribution in [0, 0.1) is 5.82 Å². The minimum absolute atomic E-state index is 0.0626. The third kappa shape index (κ3) is 6.43. The summed E-state index contributed by atoms with van der Waals surface area (Å²) in [6.07, 6.45) is 0.0871. The Balaban J connectivity index is 1.73. The summed E-state index contributed by atoms with van der Waals surface area (Å²) in [5.41, 5.74) is 0.589. The molecule has 0 aliphatic rings. The van der Waals surface area contributed by atoms with Crippen molar-refractivity contribution in [2.24, 2.45) is 0 Å². The summed E-state index contributed by atoms with van der Waals surface area (Å²) in [5.74, 6) is -0.265. The van der Waals surface area contributed by atoms with Crippen LogP contribution in [0.25, 0.3) is 0 Å². The molecule has 2 N–H and O–H groups in total. The van der Waals surface area contributed by atoms with E-state index in [1.165, 1.54) is 12.1 Å². The molecular weight excluding hydrogens is 339 g/mol. The number of nitrogens with one attached hydrogen (secondary N) is 2. The lowest BCUT2D eigenvalue weighted by molar-refractivity contribution is -0.123. The van der Waals surface area contributed by atoms with Gasteiger partial charge in [0.25, 0.3) is 5.91 Å². The van der Waals surface area contributed by atoms with Crippen LogP contribution < -0.4 is 20.1 Å². The molecule has 0 saturated carbocycles. The van der Waals surface area contributed by atoms with E-state index in [9.17, 15) is 14.0 Å². The van der Waals surface area contributed by atoms with E-state index < -0.39 is 5.82 Å². The van der Waals surface area contributed by atoms with Gasteiger partial charge in [0.05, 0.1) is 13.0 Å². The lowest BCUT2D eigenvalue weighted by Gasteiger charge is -2.09. The number of amides is 2. The SMILES string of the molecule is CCNC(=O)COc1ccc(NC(=O)CCOc2ccccc2F)cc1. The number of carbonyl (C=O) groups is 2. The number of likely N-dealkylation sites (N-methyl/N-ethyl adjacent to an activating group) is 1. The number of benzene rings is 2. The number of hydrogen-bond donors (Lipinski definition) is 2. The van der Waals surface area contributed by atoms with Gasteiger partial charge in [-0.2, -0.15) is 0 Å². The minimum Gasteiger partial charge on any atom is -0.490 e. The van der Waals surface area contributed by atoms with Crippen molar-refractivity contribution < 1.29 is 23.5 Å². The molecular formula is C19H21FN2O4. The Morgan fingerprint density at radius 2 is 1.73 bits per heavy atom. The molecule has 0 heterocycles. The zero-order valence-electron chi connectivity index (χ0n) is 14.5. The molecule has 0 aliphatic heterocycles. The zero-order chi connectivity index (χ0) is 18.8. The molecule has 0 fully saturated rings. The van der Waals surface area contributed by atoms with E-state index in [2.05, 4.69) is 10.6 Å². The Morgan fingerprint density at radius 3 is 2.42 bits per heavy atom. The molecule has 0 saturated heterocycles. The van der Waals surface area contributed by atoms with Gasteiger partial charge in [0.2, 0.25) is 5.91 Å². The fourth-order valence-corrected chi connectivity index (χ4v) is 2.07. The molecule has 2 aromatic carbocycles. The number of anilines is 1. The van der Waals surface area contributed by atoms with Crippen molar-refractivity contribution in [1.82, 2.24) is 5.32 Å². The van der Waals surface area contributed by atoms with Crippen LogP contribution in [0.4, 0.5) is 10.1 Å². The fourth-order valence-electron chi connectivity index (χ4n) is 2.07. The first-order chi connectivity index (χ1) is 12.6. The highest BCUT2D eigenvalue weighted by molar-refractivity contribution is 5.90. The fraction of sp³-hybridized carbons (Fsp3) is 0.263. The van der Waals surface area contributed by atoms with E-state index in [-0.39, 0.29) is 37.2 Å². The molecule has 0 unspecified atom stereocenters. The number of hydrogen-bond acceptors (Lipinski definition) is 4. The van der Waals surface area contributed by atoms with Gasteiger partial charge in [-0.1, -0.05) is 12.1 Å². The molecule has 0 radical (unpaired) electrons. The summed E-state index contributed by atoms with van der Waals surface area (Å²) >= 11 is 0. The lowest BCUT2D eigenvalue weighted by Crippen LogP contribution is -2.28. The maximum atomic E-state index is 13.4. The average molecular weight is 360 g/mol. The number of carbonyl (C=O) groups excluding carboxylic acids is 2. The van der Waals surface area contributed by atoms with Crippen molar-refractivity contribution >= 4 is 17.5 Å². The summed E-state index contributed by atoms with van der Waals surface area (Å²) in [5, 5.41) is 5.34. The third-order valence-corrected chi connectivity index (χ3v) is 3.31. The number of para-hydroxylation sites is 1. The minimum atomic E-state index is -0.462. The molecule has 0 atom stereocenters. The summed E-state index contributed by atoms with van der Waals surface area (Å²) in [7, 11) is 0. The highest BCUT2D eigenvalue weighted by Crippen LogP contribution is 2.17. The van der Waals surface area contributed by atoms with Crippen molar-refractivity contribution in [3.63, 3.8) is 0 Å². The monoisotopic (exact) mass is 360 g/mol. The second-order valence-electron chi connectivity index (χ2n) is 5.34. The van der Waals surface area contributed by atoms with Crippen molar-refractivity contribution in [2.45, 2.75) is 13.3 Å². The molecule has 0 bridgehead atoms. The second kappa shape index (κ2) is 10.0. The van der Waals surface area contributed by atoms with Gasteiger partial charge >= 0.3 is 0 Å². The first-order valence-electron chi connectivity index (χ1n) is 8.25. The predicted octanol–water partition coefficient (Wildman–Crippen LogP) is 2.75. The van der Waals surface area contributed by atoms with Crippen LogP contribution in [0.2, 0.25) is 0 Å². The van der Waals surface area contributed by atoms with E-state index in [4.69, 9.17) is 9.47 Å². The largest absolute Gasteiger partial charge is 0.490 e. The van der Waals surface area contributed by atoms with Gasteiger partial charge in [-0.25, -0.2) is 4.39 Å². The molecule has 26 heavy (non-hydrogen) atoms. The molecule has 138 valence electrons. The lowest BCUT2D eigenvalue weighted by atomic mass is 10.3. The van der Waals surface area contributed by atoms with Crippen LogP contribution in [0.3, 0.4) is 0 Å². The quantitative estimate of drug-likeness (QED) is 0.721. The molecule has 0 aliphatic carbocycles. The molecule has 0 spiro atoms. The van der Waals surface area contributed by atoms with E-state index >= 15 is 0 Å². The van der Waals surface area contributed by atoms with Crippen molar-refractivity contribution in [1.29, 1.82) is 0 Å². The van der Waals surface area contributed by atoms with Gasteiger partial charge in [-0.15, -0.1) is 0 Å². The second-order valence-corrected chi connectivity index (χ2v) is 5.34. The molecule has 0 aromatic heterocycles. The molecule has 7 heteroatoms. The van der Waals surface area contributed by atoms with Crippen LogP contribution in [0.15, 0.2) is 48.5 Å². The number of rotatable bonds is 9. The Morgan fingerprint density at radius 1 is 1.00 bits per heavy atom. The van der Waals surface area contributed by atoms with Gasteiger partial charge in [0, 0.05) is 12.2 Å². The molecule has 6 nitrogen and oxygen atoms in total. The average Bonchev–Trinajstić information content (AvgIpc) is 2.63. The Kier molecular flexibility index (Phi) is 7.42. The maximum Gasteiger partial charge on any atom is 0.257 e. The maximum absolute atomic E-state index is 13.4. The Bertz CT molecular complexity index is 735. The Labute approximate surface area is 151 Å². The van der Waals surface area contributed by atoms with E-state index in [0.29, 0.717) is 18.0 Å². The first-order valence-corrected chi connectivity index (χ1v) is 8.25. The van der Waals surface area contributed by atoms with Crippen molar-refractivity contribution in [2.75, 3.05) is 25.1 Å². The third-order valence-electron chi connectivity index (χ3n) is 3.31. The van der Waals surface area contributed by atoms with Gasteiger partial charge in [-0.3, -0.25) is 9.59 Å². The normalized spacial score (nSPS) is 10.1. The highest BCUT2D eigenvalue weighted by Gasteiger charge is 2.06. The predicted molar refractivity (Wildman–Crippen MR) is 95.8 cm³/mol. The first kappa shape index (κ1) is 19.2. The van der Waals surface area contributed by atoms with Gasteiger partial charge in [-0.05, 0) is 43.3 Å². The van der Waals surface area contributed by atoms with E-state index in [0.717, 1.165) is 0 Å². The summed E-state index contributed by atoms with van der Waals surface area (Å²) in [4.78, 5) is 23.2. The summed E-state index contributed by atoms with van der Waals surface area (Å²) < 4.78 is 24.0.